The van der Waals surface area contributed by atoms with Crippen molar-refractivity contribution in [2.24, 2.45) is 0 Å². The fraction of sp³-hybridized carbons (Fsp3) is 0.250. The minimum atomic E-state index is -0.589. The number of nitrogens with zero attached hydrogens (tertiary/aromatic N) is 3. The van der Waals surface area contributed by atoms with Crippen molar-refractivity contribution in [2.75, 3.05) is 50.1 Å². The SMILES string of the molecule is O=C(Nc1ccc(OCCN2CCOCC2)cc1Cl)c1nc[nH]c1C(=O)Nc1nc2ccccc2[nH]1. The van der Waals surface area contributed by atoms with E-state index in [1.807, 2.05) is 24.3 Å². The Morgan fingerprint density at radius 3 is 2.75 bits per heavy atom. The first-order valence-electron chi connectivity index (χ1n) is 11.4. The molecule has 2 aromatic carbocycles. The summed E-state index contributed by atoms with van der Waals surface area (Å²) in [5.74, 6) is -0.299. The van der Waals surface area contributed by atoms with Gasteiger partial charge in [0.25, 0.3) is 11.8 Å². The van der Waals surface area contributed by atoms with Crippen LogP contribution in [-0.2, 0) is 4.74 Å². The second kappa shape index (κ2) is 10.8. The largest absolute Gasteiger partial charge is 0.492 e. The zero-order valence-electron chi connectivity index (χ0n) is 19.2. The Kier molecular flexibility index (Phi) is 7.12. The number of carbonyl (C=O) groups excluding carboxylic acids is 2. The number of rotatable bonds is 8. The van der Waals surface area contributed by atoms with Gasteiger partial charge in [-0.05, 0) is 24.3 Å². The van der Waals surface area contributed by atoms with E-state index < -0.39 is 11.8 Å². The Hall–Kier alpha value is -3.93. The van der Waals surface area contributed by atoms with Crippen molar-refractivity contribution < 1.29 is 19.1 Å². The van der Waals surface area contributed by atoms with Gasteiger partial charge in [0.05, 0.1) is 41.3 Å². The number of nitrogens with one attached hydrogen (secondary N) is 4. The smallest absolute Gasteiger partial charge is 0.276 e. The molecule has 4 aromatic rings. The van der Waals surface area contributed by atoms with E-state index in [-0.39, 0.29) is 17.3 Å². The molecule has 1 saturated heterocycles. The Labute approximate surface area is 211 Å². The van der Waals surface area contributed by atoms with Crippen LogP contribution in [0.25, 0.3) is 11.0 Å². The molecule has 0 aliphatic carbocycles. The van der Waals surface area contributed by atoms with Gasteiger partial charge in [0, 0.05) is 25.7 Å². The third-order valence-electron chi connectivity index (χ3n) is 5.67. The molecule has 11 nitrogen and oxygen atoms in total. The van der Waals surface area contributed by atoms with E-state index in [1.165, 1.54) is 6.33 Å². The van der Waals surface area contributed by atoms with Crippen LogP contribution in [0.15, 0.2) is 48.8 Å². The minimum absolute atomic E-state index is 0.00727. The Morgan fingerprint density at radius 2 is 1.94 bits per heavy atom. The highest BCUT2D eigenvalue weighted by atomic mass is 35.5. The zero-order chi connectivity index (χ0) is 24.9. The summed E-state index contributed by atoms with van der Waals surface area (Å²) in [5.41, 5.74) is 1.77. The van der Waals surface area contributed by atoms with E-state index in [0.717, 1.165) is 38.4 Å². The van der Waals surface area contributed by atoms with Crippen molar-refractivity contribution in [3.05, 3.63) is 65.2 Å². The van der Waals surface area contributed by atoms with Gasteiger partial charge in [-0.1, -0.05) is 23.7 Å². The molecule has 0 radical (unpaired) electrons. The van der Waals surface area contributed by atoms with E-state index >= 15 is 0 Å². The lowest BCUT2D eigenvalue weighted by atomic mass is 10.2. The summed E-state index contributed by atoms with van der Waals surface area (Å²) < 4.78 is 11.1. The number of aromatic nitrogens is 4. The van der Waals surface area contributed by atoms with Gasteiger partial charge in [0.2, 0.25) is 5.95 Å². The molecule has 0 bridgehead atoms. The predicted octanol–water partition coefficient (Wildman–Crippen LogP) is 3.16. The average molecular weight is 510 g/mol. The highest BCUT2D eigenvalue weighted by Crippen LogP contribution is 2.27. The average Bonchev–Trinajstić information content (AvgIpc) is 3.53. The maximum atomic E-state index is 12.9. The van der Waals surface area contributed by atoms with Gasteiger partial charge in [-0.2, -0.15) is 0 Å². The number of morpholine rings is 1. The van der Waals surface area contributed by atoms with Crippen LogP contribution in [0, 0.1) is 0 Å². The Balaban J connectivity index is 1.20. The lowest BCUT2D eigenvalue weighted by Gasteiger charge is -2.26. The fourth-order valence-electron chi connectivity index (χ4n) is 3.81. The minimum Gasteiger partial charge on any atom is -0.492 e. The normalized spacial score (nSPS) is 14.0. The summed E-state index contributed by atoms with van der Waals surface area (Å²) >= 11 is 6.37. The van der Waals surface area contributed by atoms with Crippen molar-refractivity contribution in [2.45, 2.75) is 0 Å². The molecule has 2 amide bonds. The van der Waals surface area contributed by atoms with Gasteiger partial charge in [-0.15, -0.1) is 0 Å². The molecule has 0 saturated carbocycles. The maximum Gasteiger partial charge on any atom is 0.276 e. The summed E-state index contributed by atoms with van der Waals surface area (Å²) in [6, 6.07) is 12.4. The summed E-state index contributed by atoms with van der Waals surface area (Å²) in [5, 5.41) is 5.64. The zero-order valence-corrected chi connectivity index (χ0v) is 20.0. The van der Waals surface area contributed by atoms with E-state index in [4.69, 9.17) is 21.1 Å². The number of amides is 2. The molecule has 5 rings (SSSR count). The first-order chi connectivity index (χ1) is 17.6. The van der Waals surface area contributed by atoms with Crippen molar-refractivity contribution >= 4 is 46.1 Å². The van der Waals surface area contributed by atoms with Gasteiger partial charge in [0.15, 0.2) is 5.69 Å². The highest BCUT2D eigenvalue weighted by molar-refractivity contribution is 6.34. The highest BCUT2D eigenvalue weighted by Gasteiger charge is 2.22. The summed E-state index contributed by atoms with van der Waals surface area (Å²) in [4.78, 5) is 42.0. The van der Waals surface area contributed by atoms with Crippen molar-refractivity contribution in [3.8, 4) is 5.75 Å². The number of hydrogen-bond donors (Lipinski definition) is 4. The van der Waals surface area contributed by atoms with Crippen molar-refractivity contribution in [1.29, 1.82) is 0 Å². The number of aromatic amines is 2. The fourth-order valence-corrected chi connectivity index (χ4v) is 4.03. The lowest BCUT2D eigenvalue weighted by Crippen LogP contribution is -2.38. The summed E-state index contributed by atoms with van der Waals surface area (Å²) in [6.45, 7) is 4.55. The number of H-pyrrole nitrogens is 2. The summed E-state index contributed by atoms with van der Waals surface area (Å²) in [6.07, 6.45) is 1.27. The Morgan fingerprint density at radius 1 is 1.11 bits per heavy atom. The van der Waals surface area contributed by atoms with Gasteiger partial charge in [-0.25, -0.2) is 9.97 Å². The number of imidazole rings is 2. The molecule has 2 aromatic heterocycles. The molecule has 12 heteroatoms. The number of carbonyl (C=O) groups is 2. The molecule has 1 aliphatic heterocycles. The predicted molar refractivity (Wildman–Crippen MR) is 135 cm³/mol. The van der Waals surface area contributed by atoms with Crippen LogP contribution in [-0.4, -0.2) is 76.1 Å². The van der Waals surface area contributed by atoms with Crippen LogP contribution >= 0.6 is 11.6 Å². The third-order valence-corrected chi connectivity index (χ3v) is 5.98. The number of halogens is 1. The number of ether oxygens (including phenoxy) is 2. The molecule has 0 atom stereocenters. The van der Waals surface area contributed by atoms with E-state index in [0.29, 0.717) is 28.6 Å². The number of fused-ring (bicyclic) bond motifs is 1. The van der Waals surface area contributed by atoms with Gasteiger partial charge >= 0.3 is 0 Å². The van der Waals surface area contributed by atoms with E-state index in [2.05, 4.69) is 35.5 Å². The molecule has 36 heavy (non-hydrogen) atoms. The molecule has 186 valence electrons. The maximum absolute atomic E-state index is 12.9. The van der Waals surface area contributed by atoms with Crippen LogP contribution in [0.1, 0.15) is 21.0 Å². The van der Waals surface area contributed by atoms with Gasteiger partial charge in [0.1, 0.15) is 18.1 Å². The molecule has 4 N–H and O–H groups in total. The van der Waals surface area contributed by atoms with Crippen LogP contribution in [0.4, 0.5) is 11.6 Å². The van der Waals surface area contributed by atoms with E-state index in [1.54, 1.807) is 18.2 Å². The monoisotopic (exact) mass is 509 g/mol. The Bertz CT molecular complexity index is 1350. The summed E-state index contributed by atoms with van der Waals surface area (Å²) in [7, 11) is 0. The standard InChI is InChI=1S/C24H24ClN7O4/c25-16-13-15(36-12-9-32-7-10-35-11-8-32)5-6-17(16)28-22(33)20-21(27-14-26-20)23(34)31-24-29-18-3-1-2-4-19(18)30-24/h1-6,13-14H,7-12H2,(H,26,27)(H,28,33)(H2,29,30,31,34). The topological polar surface area (TPSA) is 137 Å². The van der Waals surface area contributed by atoms with Crippen LogP contribution in [0.3, 0.4) is 0 Å². The first kappa shape index (κ1) is 23.8. The number of para-hydroxylation sites is 2. The van der Waals surface area contributed by atoms with Gasteiger partial charge in [-0.3, -0.25) is 19.8 Å². The van der Waals surface area contributed by atoms with Crippen molar-refractivity contribution in [3.63, 3.8) is 0 Å². The molecule has 1 fully saturated rings. The third kappa shape index (κ3) is 5.48. The quantitative estimate of drug-likeness (QED) is 0.286. The van der Waals surface area contributed by atoms with Crippen molar-refractivity contribution in [1.82, 2.24) is 24.8 Å². The lowest BCUT2D eigenvalue weighted by molar-refractivity contribution is 0.0322. The molecular weight excluding hydrogens is 486 g/mol. The van der Waals surface area contributed by atoms with Crippen LogP contribution in [0.2, 0.25) is 5.02 Å². The number of anilines is 2. The molecule has 0 unspecified atom stereocenters. The molecule has 0 spiro atoms. The molecule has 3 heterocycles. The second-order valence-corrected chi connectivity index (χ2v) is 8.49. The van der Waals surface area contributed by atoms with E-state index in [9.17, 15) is 9.59 Å². The number of hydrogen-bond acceptors (Lipinski definition) is 7. The molecule has 1 aliphatic rings. The second-order valence-electron chi connectivity index (χ2n) is 8.08. The number of benzene rings is 2. The van der Waals surface area contributed by atoms with Crippen LogP contribution < -0.4 is 15.4 Å². The van der Waals surface area contributed by atoms with Gasteiger partial charge < -0.3 is 24.8 Å². The van der Waals surface area contributed by atoms with Crippen LogP contribution in [0.5, 0.6) is 5.75 Å². The molecular formula is C24H24ClN7O4. The first-order valence-corrected chi connectivity index (χ1v) is 11.8.